The zero-order valence-electron chi connectivity index (χ0n) is 12.9. The number of hydrogen-bond acceptors (Lipinski definition) is 4. The van der Waals surface area contributed by atoms with Gasteiger partial charge in [0, 0.05) is 11.4 Å². The molecule has 24 heavy (non-hydrogen) atoms. The molecular formula is C17H16FN3O3. The van der Waals surface area contributed by atoms with Gasteiger partial charge >= 0.3 is 0 Å². The first kappa shape index (κ1) is 17.1. The van der Waals surface area contributed by atoms with Crippen molar-refractivity contribution >= 4 is 23.2 Å². The van der Waals surface area contributed by atoms with Crippen molar-refractivity contribution in [2.75, 3.05) is 5.32 Å². The van der Waals surface area contributed by atoms with Crippen LogP contribution in [0.3, 0.4) is 0 Å². The first-order valence-electron chi connectivity index (χ1n) is 7.12. The molecule has 0 unspecified atom stereocenters. The predicted octanol–water partition coefficient (Wildman–Crippen LogP) is 2.67. The minimum absolute atomic E-state index is 0.0432. The second-order valence-electron chi connectivity index (χ2n) is 5.04. The highest BCUT2D eigenvalue weighted by Crippen LogP contribution is 2.15. The Balaban J connectivity index is 1.89. The van der Waals surface area contributed by atoms with Gasteiger partial charge in [0.1, 0.15) is 11.6 Å². The number of carbonyl (C=O) groups is 2. The maximum atomic E-state index is 12.8. The summed E-state index contributed by atoms with van der Waals surface area (Å²) in [6.07, 6.45) is -0.0432. The van der Waals surface area contributed by atoms with Gasteiger partial charge in [0.2, 0.25) is 5.91 Å². The van der Waals surface area contributed by atoms with Crippen LogP contribution >= 0.6 is 0 Å². The van der Waals surface area contributed by atoms with E-state index in [0.717, 1.165) is 0 Å². The zero-order chi connectivity index (χ0) is 17.5. The molecule has 0 bridgehead atoms. The largest absolute Gasteiger partial charge is 0.507 e. The summed E-state index contributed by atoms with van der Waals surface area (Å²) < 4.78 is 12.8. The molecule has 7 heteroatoms. The van der Waals surface area contributed by atoms with Gasteiger partial charge in [-0.15, -0.1) is 0 Å². The number of nitrogens with one attached hydrogen (secondary N) is 2. The van der Waals surface area contributed by atoms with Crippen molar-refractivity contribution in [3.63, 3.8) is 0 Å². The summed E-state index contributed by atoms with van der Waals surface area (Å²) in [5, 5.41) is 16.0. The molecule has 2 rings (SSSR count). The van der Waals surface area contributed by atoms with E-state index in [1.54, 1.807) is 19.1 Å². The lowest BCUT2D eigenvalue weighted by molar-refractivity contribution is -0.115. The number of aromatic hydroxyl groups is 1. The van der Waals surface area contributed by atoms with Gasteiger partial charge in [-0.3, -0.25) is 9.59 Å². The Hall–Kier alpha value is -3.22. The minimum Gasteiger partial charge on any atom is -0.507 e. The first-order chi connectivity index (χ1) is 11.5. The summed E-state index contributed by atoms with van der Waals surface area (Å²) in [5.74, 6) is -1.47. The third-order valence-electron chi connectivity index (χ3n) is 3.04. The highest BCUT2D eigenvalue weighted by molar-refractivity contribution is 6.06. The number of para-hydroxylation sites is 1. The number of benzene rings is 2. The maximum absolute atomic E-state index is 12.8. The summed E-state index contributed by atoms with van der Waals surface area (Å²) in [4.78, 5) is 23.7. The number of nitrogens with zero attached hydrogens (tertiary/aromatic N) is 1. The van der Waals surface area contributed by atoms with E-state index in [-0.39, 0.29) is 23.6 Å². The van der Waals surface area contributed by atoms with Crippen LogP contribution in [0.1, 0.15) is 23.7 Å². The van der Waals surface area contributed by atoms with Gasteiger partial charge in [-0.2, -0.15) is 5.10 Å². The molecule has 0 saturated carbocycles. The third kappa shape index (κ3) is 4.91. The molecule has 124 valence electrons. The average Bonchev–Trinajstić information content (AvgIpc) is 2.55. The molecular weight excluding hydrogens is 313 g/mol. The van der Waals surface area contributed by atoms with E-state index in [1.165, 1.54) is 36.4 Å². The molecule has 0 aliphatic carbocycles. The number of hydrogen-bond donors (Lipinski definition) is 3. The summed E-state index contributed by atoms with van der Waals surface area (Å²) in [6, 6.07) is 11.4. The van der Waals surface area contributed by atoms with Gasteiger partial charge in [0.05, 0.1) is 12.0 Å². The quantitative estimate of drug-likeness (QED) is 0.582. The maximum Gasteiger partial charge on any atom is 0.275 e. The zero-order valence-corrected chi connectivity index (χ0v) is 12.9. The van der Waals surface area contributed by atoms with E-state index in [4.69, 9.17) is 0 Å². The fraction of sp³-hybridized carbons (Fsp3) is 0.118. The van der Waals surface area contributed by atoms with Crippen LogP contribution in [0.25, 0.3) is 0 Å². The Bertz CT molecular complexity index is 773. The van der Waals surface area contributed by atoms with Crippen LogP contribution < -0.4 is 10.7 Å². The topological polar surface area (TPSA) is 90.8 Å². The highest BCUT2D eigenvalue weighted by atomic mass is 19.1. The SMILES string of the molecule is C/C(CC(=O)Nc1ccc(F)cc1)=N\NC(=O)c1ccccc1O. The van der Waals surface area contributed by atoms with E-state index in [9.17, 15) is 19.1 Å². The molecule has 2 amide bonds. The average molecular weight is 329 g/mol. The van der Waals surface area contributed by atoms with Crippen molar-refractivity contribution in [1.82, 2.24) is 5.43 Å². The van der Waals surface area contributed by atoms with Crippen LogP contribution in [0.15, 0.2) is 53.6 Å². The molecule has 0 heterocycles. The number of hydrazone groups is 1. The smallest absolute Gasteiger partial charge is 0.275 e. The summed E-state index contributed by atoms with van der Waals surface area (Å²) in [6.45, 7) is 1.58. The molecule has 0 radical (unpaired) electrons. The lowest BCUT2D eigenvalue weighted by atomic mass is 10.2. The van der Waals surface area contributed by atoms with E-state index >= 15 is 0 Å². The number of phenols is 1. The molecule has 6 nitrogen and oxygen atoms in total. The predicted molar refractivity (Wildman–Crippen MR) is 88.3 cm³/mol. The Kier molecular flexibility index (Phi) is 5.62. The van der Waals surface area contributed by atoms with Crippen molar-refractivity contribution in [1.29, 1.82) is 0 Å². The van der Waals surface area contributed by atoms with Crippen molar-refractivity contribution in [3.8, 4) is 5.75 Å². The molecule has 0 fully saturated rings. The summed E-state index contributed by atoms with van der Waals surface area (Å²) in [7, 11) is 0. The van der Waals surface area contributed by atoms with Crippen LogP contribution in [0.2, 0.25) is 0 Å². The number of amides is 2. The fourth-order valence-electron chi connectivity index (χ4n) is 1.88. The van der Waals surface area contributed by atoms with Crippen molar-refractivity contribution in [3.05, 3.63) is 59.9 Å². The van der Waals surface area contributed by atoms with E-state index < -0.39 is 11.7 Å². The molecule has 0 aromatic heterocycles. The van der Waals surface area contributed by atoms with Crippen LogP contribution in [-0.4, -0.2) is 22.6 Å². The number of carbonyl (C=O) groups excluding carboxylic acids is 2. The highest BCUT2D eigenvalue weighted by Gasteiger charge is 2.10. The Labute approximate surface area is 138 Å². The lowest BCUT2D eigenvalue weighted by Gasteiger charge is -2.06. The van der Waals surface area contributed by atoms with Gasteiger partial charge in [-0.25, -0.2) is 9.82 Å². The van der Waals surface area contributed by atoms with Gasteiger partial charge < -0.3 is 10.4 Å². The van der Waals surface area contributed by atoms with E-state index in [2.05, 4.69) is 15.8 Å². The third-order valence-corrected chi connectivity index (χ3v) is 3.04. The normalized spacial score (nSPS) is 11.0. The van der Waals surface area contributed by atoms with Gasteiger partial charge in [0.15, 0.2) is 0 Å². The molecule has 3 N–H and O–H groups in total. The van der Waals surface area contributed by atoms with Crippen LogP contribution in [-0.2, 0) is 4.79 Å². The summed E-state index contributed by atoms with van der Waals surface area (Å²) >= 11 is 0. The molecule has 0 aliphatic heterocycles. The molecule has 2 aromatic carbocycles. The second-order valence-corrected chi connectivity index (χ2v) is 5.04. The molecule has 2 aromatic rings. The summed E-state index contributed by atoms with van der Waals surface area (Å²) in [5.41, 5.74) is 3.20. The Morgan fingerprint density at radius 3 is 2.46 bits per heavy atom. The molecule has 0 spiro atoms. The van der Waals surface area contributed by atoms with Gasteiger partial charge in [-0.1, -0.05) is 12.1 Å². The van der Waals surface area contributed by atoms with Crippen molar-refractivity contribution in [2.45, 2.75) is 13.3 Å². The second kappa shape index (κ2) is 7.87. The molecule has 0 atom stereocenters. The monoisotopic (exact) mass is 329 g/mol. The molecule has 0 saturated heterocycles. The van der Waals surface area contributed by atoms with Crippen molar-refractivity contribution in [2.24, 2.45) is 5.10 Å². The van der Waals surface area contributed by atoms with Gasteiger partial charge in [-0.05, 0) is 43.3 Å². The number of rotatable bonds is 5. The number of phenolic OH excluding ortho intramolecular Hbond substituents is 1. The number of anilines is 1. The van der Waals surface area contributed by atoms with Crippen LogP contribution in [0.5, 0.6) is 5.75 Å². The van der Waals surface area contributed by atoms with E-state index in [1.807, 2.05) is 0 Å². The van der Waals surface area contributed by atoms with Crippen LogP contribution in [0, 0.1) is 5.82 Å². The number of halogens is 1. The minimum atomic E-state index is -0.577. The Morgan fingerprint density at radius 1 is 1.12 bits per heavy atom. The molecule has 0 aliphatic rings. The Morgan fingerprint density at radius 2 is 1.79 bits per heavy atom. The van der Waals surface area contributed by atoms with Crippen LogP contribution in [0.4, 0.5) is 10.1 Å². The fourth-order valence-corrected chi connectivity index (χ4v) is 1.88. The first-order valence-corrected chi connectivity index (χ1v) is 7.12. The standard InChI is InChI=1S/C17H16FN3O3/c1-11(10-16(23)19-13-8-6-12(18)7-9-13)20-21-17(24)14-4-2-3-5-15(14)22/h2-9,22H,10H2,1H3,(H,19,23)(H,21,24)/b20-11+. The lowest BCUT2D eigenvalue weighted by Crippen LogP contribution is -2.21. The van der Waals surface area contributed by atoms with Gasteiger partial charge in [0.25, 0.3) is 5.91 Å². The van der Waals surface area contributed by atoms with E-state index in [0.29, 0.717) is 11.4 Å². The van der Waals surface area contributed by atoms with Crippen molar-refractivity contribution < 1.29 is 19.1 Å².